The Morgan fingerprint density at radius 1 is 0.909 bits per heavy atom. The van der Waals surface area contributed by atoms with Crippen molar-refractivity contribution in [2.45, 2.75) is 46.8 Å². The van der Waals surface area contributed by atoms with Crippen molar-refractivity contribution in [3.63, 3.8) is 0 Å². The van der Waals surface area contributed by atoms with Gasteiger partial charge in [-0.1, -0.05) is 35.9 Å². The van der Waals surface area contributed by atoms with E-state index in [1.165, 1.54) is 33.4 Å². The lowest BCUT2D eigenvalue weighted by molar-refractivity contribution is 0.245. The molecule has 5 rings (SSSR count). The van der Waals surface area contributed by atoms with E-state index in [9.17, 15) is 0 Å². The molecule has 0 unspecified atom stereocenters. The van der Waals surface area contributed by atoms with Crippen LogP contribution in [-0.4, -0.2) is 26.0 Å². The van der Waals surface area contributed by atoms with Gasteiger partial charge < -0.3 is 4.57 Å². The third-order valence-corrected chi connectivity index (χ3v) is 7.10. The second kappa shape index (κ2) is 9.12. The molecule has 0 amide bonds. The second-order valence-electron chi connectivity index (χ2n) is 9.06. The Labute approximate surface area is 200 Å². The third-order valence-electron chi connectivity index (χ3n) is 6.68. The number of halogens is 1. The summed E-state index contributed by atoms with van der Waals surface area (Å²) in [6, 6.07) is 15.4. The molecule has 0 N–H and O–H groups in total. The molecule has 0 saturated heterocycles. The van der Waals surface area contributed by atoms with Gasteiger partial charge in [0.15, 0.2) is 0 Å². The Hall–Kier alpha value is -2.95. The van der Waals surface area contributed by atoms with Crippen LogP contribution in [0.3, 0.4) is 0 Å². The Morgan fingerprint density at radius 2 is 1.79 bits per heavy atom. The van der Waals surface area contributed by atoms with Crippen LogP contribution in [0.5, 0.6) is 0 Å². The third kappa shape index (κ3) is 4.59. The smallest absolute Gasteiger partial charge is 0.105 e. The van der Waals surface area contributed by atoms with Crippen molar-refractivity contribution < 1.29 is 0 Å². The number of hydrogen-bond donors (Lipinski definition) is 0. The summed E-state index contributed by atoms with van der Waals surface area (Å²) in [5, 5.41) is 0.832. The lowest BCUT2D eigenvalue weighted by atomic mass is 9.88. The first-order chi connectivity index (χ1) is 16.0. The van der Waals surface area contributed by atoms with Crippen LogP contribution >= 0.6 is 11.6 Å². The summed E-state index contributed by atoms with van der Waals surface area (Å²) in [6.07, 6.45) is 6.84. The molecule has 0 radical (unpaired) electrons. The molecule has 5 heteroatoms. The van der Waals surface area contributed by atoms with Gasteiger partial charge >= 0.3 is 0 Å². The largest absolute Gasteiger partial charge is 0.331 e. The van der Waals surface area contributed by atoms with Crippen molar-refractivity contribution in [2.24, 2.45) is 0 Å². The molecule has 4 aromatic rings. The van der Waals surface area contributed by atoms with Gasteiger partial charge in [-0.05, 0) is 78.8 Å². The van der Waals surface area contributed by atoms with E-state index in [0.717, 1.165) is 54.7 Å². The predicted molar refractivity (Wildman–Crippen MR) is 134 cm³/mol. The monoisotopic (exact) mass is 456 g/mol. The Balaban J connectivity index is 1.51. The number of aryl methyl sites for hydroxylation is 3. The number of hydrogen-bond acceptors (Lipinski definition) is 3. The van der Waals surface area contributed by atoms with E-state index in [2.05, 4.69) is 76.7 Å². The molecule has 0 aliphatic carbocycles. The van der Waals surface area contributed by atoms with Crippen molar-refractivity contribution in [1.82, 2.24) is 19.4 Å². The number of fused-ring (bicyclic) bond motifs is 1. The molecule has 1 aliphatic heterocycles. The summed E-state index contributed by atoms with van der Waals surface area (Å²) in [5.41, 5.74) is 10.3. The minimum Gasteiger partial charge on any atom is -0.331 e. The van der Waals surface area contributed by atoms with E-state index >= 15 is 0 Å². The molecule has 4 nitrogen and oxygen atoms in total. The summed E-state index contributed by atoms with van der Waals surface area (Å²) in [5.74, 6) is 1.03. The highest BCUT2D eigenvalue weighted by atomic mass is 35.5. The van der Waals surface area contributed by atoms with Gasteiger partial charge in [0.2, 0.25) is 0 Å². The average molecular weight is 457 g/mol. The first-order valence-corrected chi connectivity index (χ1v) is 11.9. The van der Waals surface area contributed by atoms with Crippen molar-refractivity contribution in [3.05, 3.63) is 105 Å². The Morgan fingerprint density at radius 3 is 2.55 bits per heavy atom. The van der Waals surface area contributed by atoms with Crippen molar-refractivity contribution in [2.75, 3.05) is 6.54 Å². The standard InChI is InChI=1S/C28H29ClN4/c1-19-13-22(6-7-28(19)29)16-32-11-8-26-24(18-32)14-23(17-33-12-10-31-21(33)3)15-27(26)25-5-4-9-30-20(25)2/h4-7,9-10,12-15H,8,11,16-18H2,1-3H3. The van der Waals surface area contributed by atoms with Crippen LogP contribution in [0.1, 0.15) is 39.3 Å². The summed E-state index contributed by atoms with van der Waals surface area (Å²) in [4.78, 5) is 11.5. The molecule has 2 aromatic heterocycles. The highest BCUT2D eigenvalue weighted by molar-refractivity contribution is 6.31. The van der Waals surface area contributed by atoms with Gasteiger partial charge in [-0.25, -0.2) is 4.98 Å². The molecule has 168 valence electrons. The fourth-order valence-corrected chi connectivity index (χ4v) is 5.01. The van der Waals surface area contributed by atoms with Crippen LogP contribution in [0.15, 0.2) is 61.1 Å². The highest BCUT2D eigenvalue weighted by Gasteiger charge is 2.22. The predicted octanol–water partition coefficient (Wildman–Crippen LogP) is 6.13. The van der Waals surface area contributed by atoms with E-state index in [4.69, 9.17) is 11.6 Å². The van der Waals surface area contributed by atoms with E-state index in [-0.39, 0.29) is 0 Å². The Kier molecular flexibility index (Phi) is 6.05. The van der Waals surface area contributed by atoms with Crippen molar-refractivity contribution >= 4 is 11.6 Å². The van der Waals surface area contributed by atoms with Gasteiger partial charge in [0.1, 0.15) is 5.82 Å². The number of nitrogens with zero attached hydrogens (tertiary/aromatic N) is 4. The van der Waals surface area contributed by atoms with Crippen LogP contribution in [-0.2, 0) is 26.1 Å². The number of benzene rings is 2. The van der Waals surface area contributed by atoms with E-state index in [0.29, 0.717) is 0 Å². The van der Waals surface area contributed by atoms with Crippen LogP contribution in [0, 0.1) is 20.8 Å². The molecule has 33 heavy (non-hydrogen) atoms. The quantitative estimate of drug-likeness (QED) is 0.362. The molecule has 3 heterocycles. The minimum atomic E-state index is 0.821. The molecular weight excluding hydrogens is 428 g/mol. The molecule has 0 atom stereocenters. The number of aromatic nitrogens is 3. The van der Waals surface area contributed by atoms with Gasteiger partial charge in [-0.3, -0.25) is 9.88 Å². The van der Waals surface area contributed by atoms with Crippen LogP contribution < -0.4 is 0 Å². The zero-order chi connectivity index (χ0) is 22.9. The van der Waals surface area contributed by atoms with Crippen LogP contribution in [0.25, 0.3) is 11.1 Å². The lowest BCUT2D eigenvalue weighted by Crippen LogP contribution is -2.30. The second-order valence-corrected chi connectivity index (χ2v) is 9.47. The Bertz CT molecular complexity index is 1310. The van der Waals surface area contributed by atoms with E-state index in [1.807, 2.05) is 24.5 Å². The van der Waals surface area contributed by atoms with Crippen molar-refractivity contribution in [1.29, 1.82) is 0 Å². The SMILES string of the molecule is Cc1cc(CN2CCc3c(cc(Cn4ccnc4C)cc3-c3cccnc3C)C2)ccc1Cl. The van der Waals surface area contributed by atoms with Gasteiger partial charge in [0, 0.05) is 61.0 Å². The summed E-state index contributed by atoms with van der Waals surface area (Å²) in [6.45, 7) is 9.98. The van der Waals surface area contributed by atoms with Crippen LogP contribution in [0.4, 0.5) is 0 Å². The lowest BCUT2D eigenvalue weighted by Gasteiger charge is -2.31. The molecule has 0 saturated carbocycles. The molecule has 0 bridgehead atoms. The normalized spacial score (nSPS) is 13.8. The molecule has 1 aliphatic rings. The van der Waals surface area contributed by atoms with Gasteiger partial charge in [0.05, 0.1) is 0 Å². The van der Waals surface area contributed by atoms with E-state index in [1.54, 1.807) is 0 Å². The average Bonchev–Trinajstić information content (AvgIpc) is 3.20. The summed E-state index contributed by atoms with van der Waals surface area (Å²) in [7, 11) is 0. The number of rotatable bonds is 5. The molecule has 0 fully saturated rings. The zero-order valence-electron chi connectivity index (χ0n) is 19.5. The molecule has 0 spiro atoms. The summed E-state index contributed by atoms with van der Waals surface area (Å²) < 4.78 is 2.21. The first kappa shape index (κ1) is 21.9. The van der Waals surface area contributed by atoms with Crippen molar-refractivity contribution in [3.8, 4) is 11.1 Å². The van der Waals surface area contributed by atoms with Gasteiger partial charge in [-0.2, -0.15) is 0 Å². The fraction of sp³-hybridized carbons (Fsp3) is 0.286. The molecule has 2 aromatic carbocycles. The first-order valence-electron chi connectivity index (χ1n) is 11.5. The van der Waals surface area contributed by atoms with E-state index < -0.39 is 0 Å². The minimum absolute atomic E-state index is 0.821. The molecular formula is C28H29ClN4. The zero-order valence-corrected chi connectivity index (χ0v) is 20.2. The van der Waals surface area contributed by atoms with Gasteiger partial charge in [0.25, 0.3) is 0 Å². The summed E-state index contributed by atoms with van der Waals surface area (Å²) >= 11 is 6.24. The highest BCUT2D eigenvalue weighted by Crippen LogP contribution is 2.34. The van der Waals surface area contributed by atoms with Crippen LogP contribution in [0.2, 0.25) is 5.02 Å². The van der Waals surface area contributed by atoms with Gasteiger partial charge in [-0.15, -0.1) is 0 Å². The topological polar surface area (TPSA) is 34.0 Å². The maximum atomic E-state index is 6.24. The number of pyridine rings is 1. The maximum absolute atomic E-state index is 6.24. The number of imidazole rings is 1. The fourth-order valence-electron chi connectivity index (χ4n) is 4.89. The maximum Gasteiger partial charge on any atom is 0.105 e.